The topological polar surface area (TPSA) is 24.9 Å². The molecule has 0 aliphatic heterocycles. The van der Waals surface area contributed by atoms with Gasteiger partial charge in [-0.15, -0.1) is 0 Å². The second kappa shape index (κ2) is 5.38. The Balaban J connectivity index is 1.77. The molecule has 1 aromatic heterocycles. The van der Waals surface area contributed by atoms with Gasteiger partial charge in [-0.25, -0.2) is 9.37 Å². The number of thiazole rings is 1. The molecule has 102 valence electrons. The first-order valence-electron chi connectivity index (χ1n) is 6.17. The van der Waals surface area contributed by atoms with E-state index < -0.39 is 5.82 Å². The van der Waals surface area contributed by atoms with E-state index in [1.165, 1.54) is 11.6 Å². The number of nitrogens with one attached hydrogen (secondary N) is 1. The largest absolute Gasteiger partial charge is 0.357 e. The minimum Gasteiger partial charge on any atom is -0.357 e. The van der Waals surface area contributed by atoms with Crippen molar-refractivity contribution in [3.63, 3.8) is 0 Å². The molecule has 1 N–H and O–H groups in total. The van der Waals surface area contributed by atoms with Crippen LogP contribution in [-0.4, -0.2) is 4.98 Å². The van der Waals surface area contributed by atoms with Crippen LogP contribution in [0.4, 0.5) is 9.52 Å². The molecule has 0 spiro atoms. The molecule has 0 atom stereocenters. The number of aromatic nitrogens is 1. The highest BCUT2D eigenvalue weighted by Crippen LogP contribution is 2.27. The third-order valence-electron chi connectivity index (χ3n) is 2.97. The lowest BCUT2D eigenvalue weighted by atomic mass is 10.2. The Bertz CT molecular complexity index is 770. The van der Waals surface area contributed by atoms with Gasteiger partial charge in [0.25, 0.3) is 0 Å². The van der Waals surface area contributed by atoms with Gasteiger partial charge in [0, 0.05) is 6.54 Å². The summed E-state index contributed by atoms with van der Waals surface area (Å²) in [5, 5.41) is 4.24. The lowest BCUT2D eigenvalue weighted by Crippen LogP contribution is -1.99. The summed E-state index contributed by atoms with van der Waals surface area (Å²) in [6, 6.07) is 10.9. The number of aryl methyl sites for hydroxylation is 1. The van der Waals surface area contributed by atoms with Crippen molar-refractivity contribution >= 4 is 38.3 Å². The Morgan fingerprint density at radius 3 is 2.90 bits per heavy atom. The molecule has 3 aromatic rings. The first-order valence-corrected chi connectivity index (χ1v) is 7.36. The van der Waals surface area contributed by atoms with Crippen molar-refractivity contribution in [3.05, 3.63) is 58.4 Å². The van der Waals surface area contributed by atoms with Gasteiger partial charge in [0.05, 0.1) is 15.2 Å². The molecule has 20 heavy (non-hydrogen) atoms. The number of halogens is 2. The van der Waals surface area contributed by atoms with Crippen LogP contribution < -0.4 is 5.32 Å². The zero-order chi connectivity index (χ0) is 14.1. The molecular weight excluding hydrogens is 295 g/mol. The molecule has 0 aliphatic carbocycles. The molecule has 0 bridgehead atoms. The van der Waals surface area contributed by atoms with Crippen LogP contribution in [0.1, 0.15) is 11.1 Å². The summed E-state index contributed by atoms with van der Waals surface area (Å²) in [5.41, 5.74) is 3.11. The molecule has 0 fully saturated rings. The normalized spacial score (nSPS) is 10.9. The van der Waals surface area contributed by atoms with Crippen molar-refractivity contribution in [2.75, 3.05) is 5.32 Å². The zero-order valence-corrected chi connectivity index (χ0v) is 12.4. The first kappa shape index (κ1) is 13.3. The van der Waals surface area contributed by atoms with Crippen molar-refractivity contribution < 1.29 is 4.39 Å². The van der Waals surface area contributed by atoms with Gasteiger partial charge in [0.1, 0.15) is 5.82 Å². The van der Waals surface area contributed by atoms with Crippen LogP contribution >= 0.6 is 22.9 Å². The summed E-state index contributed by atoms with van der Waals surface area (Å²) in [7, 11) is 0. The molecule has 0 aliphatic rings. The fourth-order valence-electron chi connectivity index (χ4n) is 1.94. The van der Waals surface area contributed by atoms with E-state index in [-0.39, 0.29) is 5.02 Å². The summed E-state index contributed by atoms with van der Waals surface area (Å²) in [6.45, 7) is 2.62. The molecule has 0 unspecified atom stereocenters. The van der Waals surface area contributed by atoms with E-state index in [4.69, 9.17) is 11.6 Å². The number of benzene rings is 2. The molecule has 0 saturated carbocycles. The van der Waals surface area contributed by atoms with Gasteiger partial charge in [-0.1, -0.05) is 35.1 Å². The van der Waals surface area contributed by atoms with Crippen molar-refractivity contribution in [1.29, 1.82) is 0 Å². The van der Waals surface area contributed by atoms with Crippen LogP contribution in [0.25, 0.3) is 10.2 Å². The maximum atomic E-state index is 13.1. The second-order valence-electron chi connectivity index (χ2n) is 4.59. The third kappa shape index (κ3) is 2.76. The zero-order valence-electron chi connectivity index (χ0n) is 10.8. The number of hydrogen-bond donors (Lipinski definition) is 1. The van der Waals surface area contributed by atoms with Crippen molar-refractivity contribution in [1.82, 2.24) is 4.98 Å². The van der Waals surface area contributed by atoms with Gasteiger partial charge in [0.15, 0.2) is 5.13 Å². The lowest BCUT2D eigenvalue weighted by Gasteiger charge is -2.03. The van der Waals surface area contributed by atoms with E-state index in [9.17, 15) is 4.39 Å². The van der Waals surface area contributed by atoms with Gasteiger partial charge in [-0.2, -0.15) is 0 Å². The minimum atomic E-state index is -0.397. The molecule has 0 amide bonds. The molecule has 5 heteroatoms. The van der Waals surface area contributed by atoms with Crippen LogP contribution in [0, 0.1) is 12.7 Å². The van der Waals surface area contributed by atoms with E-state index in [0.717, 1.165) is 20.9 Å². The highest BCUT2D eigenvalue weighted by Gasteiger charge is 2.05. The smallest absolute Gasteiger partial charge is 0.184 e. The predicted molar refractivity (Wildman–Crippen MR) is 83.1 cm³/mol. The summed E-state index contributed by atoms with van der Waals surface area (Å²) >= 11 is 7.36. The van der Waals surface area contributed by atoms with Crippen molar-refractivity contribution in [2.24, 2.45) is 0 Å². The van der Waals surface area contributed by atoms with Crippen LogP contribution in [0.3, 0.4) is 0 Å². The average Bonchev–Trinajstić information content (AvgIpc) is 2.82. The standard InChI is InChI=1S/C15H12ClFN2S/c1-9-2-5-14-13(6-9)19-15(20-14)18-8-10-3-4-12(17)11(16)7-10/h2-7H,8H2,1H3,(H,18,19). The number of fused-ring (bicyclic) bond motifs is 1. The maximum Gasteiger partial charge on any atom is 0.184 e. The molecule has 2 aromatic carbocycles. The van der Waals surface area contributed by atoms with Gasteiger partial charge in [0.2, 0.25) is 0 Å². The third-order valence-corrected chi connectivity index (χ3v) is 4.25. The van der Waals surface area contributed by atoms with E-state index in [0.29, 0.717) is 6.54 Å². The van der Waals surface area contributed by atoms with Crippen LogP contribution in [0.2, 0.25) is 5.02 Å². The van der Waals surface area contributed by atoms with Gasteiger partial charge in [-0.3, -0.25) is 0 Å². The van der Waals surface area contributed by atoms with Crippen LogP contribution in [-0.2, 0) is 6.54 Å². The van der Waals surface area contributed by atoms with E-state index in [1.807, 2.05) is 6.92 Å². The fourth-order valence-corrected chi connectivity index (χ4v) is 2.99. The Morgan fingerprint density at radius 1 is 1.25 bits per heavy atom. The number of hydrogen-bond acceptors (Lipinski definition) is 3. The Labute approximate surface area is 125 Å². The number of anilines is 1. The summed E-state index contributed by atoms with van der Waals surface area (Å²) in [5.74, 6) is -0.397. The fraction of sp³-hybridized carbons (Fsp3) is 0.133. The highest BCUT2D eigenvalue weighted by molar-refractivity contribution is 7.22. The Hall–Kier alpha value is -1.65. The highest BCUT2D eigenvalue weighted by atomic mass is 35.5. The molecule has 0 radical (unpaired) electrons. The maximum absolute atomic E-state index is 13.1. The van der Waals surface area contributed by atoms with Gasteiger partial charge in [-0.05, 0) is 42.3 Å². The molecule has 2 nitrogen and oxygen atoms in total. The number of rotatable bonds is 3. The summed E-state index contributed by atoms with van der Waals surface area (Å²) in [4.78, 5) is 4.53. The van der Waals surface area contributed by atoms with Crippen LogP contribution in [0.5, 0.6) is 0 Å². The number of nitrogens with zero attached hydrogens (tertiary/aromatic N) is 1. The van der Waals surface area contributed by atoms with E-state index in [1.54, 1.807) is 23.5 Å². The van der Waals surface area contributed by atoms with E-state index in [2.05, 4.69) is 28.5 Å². The van der Waals surface area contributed by atoms with Gasteiger partial charge >= 0.3 is 0 Å². The first-order chi connectivity index (χ1) is 9.61. The summed E-state index contributed by atoms with van der Waals surface area (Å²) in [6.07, 6.45) is 0. The minimum absolute atomic E-state index is 0.143. The Morgan fingerprint density at radius 2 is 2.10 bits per heavy atom. The molecule has 1 heterocycles. The predicted octanol–water partition coefficient (Wildman–Crippen LogP) is 5.01. The van der Waals surface area contributed by atoms with Crippen molar-refractivity contribution in [3.8, 4) is 0 Å². The molecular formula is C15H12ClFN2S. The van der Waals surface area contributed by atoms with Crippen LogP contribution in [0.15, 0.2) is 36.4 Å². The van der Waals surface area contributed by atoms with E-state index >= 15 is 0 Å². The van der Waals surface area contributed by atoms with Gasteiger partial charge < -0.3 is 5.32 Å². The van der Waals surface area contributed by atoms with Crippen molar-refractivity contribution in [2.45, 2.75) is 13.5 Å². The quantitative estimate of drug-likeness (QED) is 0.736. The lowest BCUT2D eigenvalue weighted by molar-refractivity contribution is 0.627. The Kier molecular flexibility index (Phi) is 3.59. The second-order valence-corrected chi connectivity index (χ2v) is 6.03. The molecule has 3 rings (SSSR count). The SMILES string of the molecule is Cc1ccc2sc(NCc3ccc(F)c(Cl)c3)nc2c1. The molecule has 0 saturated heterocycles. The monoisotopic (exact) mass is 306 g/mol. The summed E-state index contributed by atoms with van der Waals surface area (Å²) < 4.78 is 14.2. The average molecular weight is 307 g/mol.